The van der Waals surface area contributed by atoms with Gasteiger partial charge >= 0.3 is 0 Å². The summed E-state index contributed by atoms with van der Waals surface area (Å²) < 4.78 is 0. The van der Waals surface area contributed by atoms with Crippen LogP contribution in [0.2, 0.25) is 0 Å². The third-order valence-corrected chi connectivity index (χ3v) is 3.49. The first-order valence-corrected chi connectivity index (χ1v) is 5.93. The monoisotopic (exact) mass is 247 g/mol. The van der Waals surface area contributed by atoms with Crippen molar-refractivity contribution >= 4 is 35.0 Å². The minimum absolute atomic E-state index is 0.577. The summed E-state index contributed by atoms with van der Waals surface area (Å²) in [5, 5.41) is 0.652. The minimum Gasteiger partial charge on any atom is -0.326 e. The number of rotatable bonds is 4. The first kappa shape index (κ1) is 11.9. The predicted molar refractivity (Wildman–Crippen MR) is 64.8 cm³/mol. The SMILES string of the molecule is NCc1ccc(SC/C(Cl)=C/Cl)cc1. The number of hydrogen-bond acceptors (Lipinski definition) is 2. The Kier molecular flexibility index (Phi) is 5.41. The summed E-state index contributed by atoms with van der Waals surface area (Å²) in [6.45, 7) is 0.577. The van der Waals surface area contributed by atoms with Crippen molar-refractivity contribution in [3.05, 3.63) is 40.4 Å². The van der Waals surface area contributed by atoms with E-state index in [0.717, 1.165) is 5.56 Å². The molecule has 1 nitrogen and oxygen atoms in total. The second-order valence-corrected chi connectivity index (χ2v) is 4.45. The number of halogens is 2. The van der Waals surface area contributed by atoms with Crippen LogP contribution >= 0.6 is 35.0 Å². The van der Waals surface area contributed by atoms with Crippen LogP contribution in [0.3, 0.4) is 0 Å². The molecule has 0 unspecified atom stereocenters. The van der Waals surface area contributed by atoms with Crippen LogP contribution in [-0.2, 0) is 6.54 Å². The molecule has 0 heterocycles. The van der Waals surface area contributed by atoms with Gasteiger partial charge < -0.3 is 5.73 Å². The Morgan fingerprint density at radius 2 is 2.00 bits per heavy atom. The summed E-state index contributed by atoms with van der Waals surface area (Å²) in [6.07, 6.45) is 0. The van der Waals surface area contributed by atoms with Crippen molar-refractivity contribution < 1.29 is 0 Å². The molecule has 0 aliphatic rings. The molecule has 1 aromatic carbocycles. The topological polar surface area (TPSA) is 26.0 Å². The molecule has 0 atom stereocenters. The smallest absolute Gasteiger partial charge is 0.0396 e. The fourth-order valence-corrected chi connectivity index (χ4v) is 1.95. The maximum Gasteiger partial charge on any atom is 0.0396 e. The molecule has 2 N–H and O–H groups in total. The molecule has 0 amide bonds. The Morgan fingerprint density at radius 1 is 1.36 bits per heavy atom. The highest BCUT2D eigenvalue weighted by molar-refractivity contribution is 7.99. The van der Waals surface area contributed by atoms with E-state index in [-0.39, 0.29) is 0 Å². The van der Waals surface area contributed by atoms with E-state index in [2.05, 4.69) is 0 Å². The van der Waals surface area contributed by atoms with Gasteiger partial charge in [0.25, 0.3) is 0 Å². The highest BCUT2D eigenvalue weighted by atomic mass is 35.5. The van der Waals surface area contributed by atoms with Crippen LogP contribution in [0.1, 0.15) is 5.56 Å². The zero-order valence-electron chi connectivity index (χ0n) is 7.54. The number of hydrogen-bond donors (Lipinski definition) is 1. The summed E-state index contributed by atoms with van der Waals surface area (Å²) in [7, 11) is 0. The molecule has 0 radical (unpaired) electrons. The zero-order valence-corrected chi connectivity index (χ0v) is 9.87. The van der Waals surface area contributed by atoms with Gasteiger partial charge in [-0.2, -0.15) is 0 Å². The Hall–Kier alpha value is -0.150. The minimum atomic E-state index is 0.577. The molecule has 4 heteroatoms. The van der Waals surface area contributed by atoms with Crippen LogP contribution in [0.4, 0.5) is 0 Å². The average Bonchev–Trinajstić information content (AvgIpc) is 2.26. The third kappa shape index (κ3) is 3.93. The molecule has 1 rings (SSSR count). The van der Waals surface area contributed by atoms with Crippen molar-refractivity contribution in [2.75, 3.05) is 5.75 Å². The summed E-state index contributed by atoms with van der Waals surface area (Å²) >= 11 is 12.9. The van der Waals surface area contributed by atoms with Crippen LogP contribution in [0.25, 0.3) is 0 Å². The van der Waals surface area contributed by atoms with Gasteiger partial charge in [0, 0.05) is 27.8 Å². The lowest BCUT2D eigenvalue weighted by molar-refractivity contribution is 1.07. The molecule has 14 heavy (non-hydrogen) atoms. The molecule has 0 aromatic heterocycles. The van der Waals surface area contributed by atoms with Gasteiger partial charge in [0.05, 0.1) is 0 Å². The normalized spacial score (nSPS) is 11.8. The fourth-order valence-electron chi connectivity index (χ4n) is 0.906. The Morgan fingerprint density at radius 3 is 2.50 bits per heavy atom. The molecule has 0 bridgehead atoms. The van der Waals surface area contributed by atoms with Crippen molar-refractivity contribution in [1.82, 2.24) is 0 Å². The van der Waals surface area contributed by atoms with E-state index in [9.17, 15) is 0 Å². The van der Waals surface area contributed by atoms with Gasteiger partial charge in [0.1, 0.15) is 0 Å². The van der Waals surface area contributed by atoms with Crippen LogP contribution in [0.15, 0.2) is 39.7 Å². The quantitative estimate of drug-likeness (QED) is 0.824. The predicted octanol–water partition coefficient (Wildman–Crippen LogP) is 3.56. The van der Waals surface area contributed by atoms with E-state index < -0.39 is 0 Å². The Bertz CT molecular complexity index is 308. The second kappa shape index (κ2) is 6.36. The lowest BCUT2D eigenvalue weighted by atomic mass is 10.2. The van der Waals surface area contributed by atoms with E-state index in [1.807, 2.05) is 24.3 Å². The number of nitrogens with two attached hydrogens (primary N) is 1. The van der Waals surface area contributed by atoms with E-state index in [0.29, 0.717) is 17.3 Å². The number of benzene rings is 1. The van der Waals surface area contributed by atoms with Crippen LogP contribution in [0.5, 0.6) is 0 Å². The summed E-state index contributed by atoms with van der Waals surface area (Å²) in [5.41, 5.74) is 8.01. The zero-order chi connectivity index (χ0) is 10.4. The van der Waals surface area contributed by atoms with Crippen LogP contribution < -0.4 is 5.73 Å². The van der Waals surface area contributed by atoms with Gasteiger partial charge in [-0.15, -0.1) is 11.8 Å². The third-order valence-electron chi connectivity index (χ3n) is 1.65. The Labute approximate surface area is 98.3 Å². The lowest BCUT2D eigenvalue weighted by Crippen LogP contribution is -1.94. The van der Waals surface area contributed by atoms with Crippen molar-refractivity contribution in [3.8, 4) is 0 Å². The molecule has 0 fully saturated rings. The van der Waals surface area contributed by atoms with Gasteiger partial charge in [0.2, 0.25) is 0 Å². The van der Waals surface area contributed by atoms with Crippen molar-refractivity contribution in [1.29, 1.82) is 0 Å². The highest BCUT2D eigenvalue weighted by Crippen LogP contribution is 2.22. The maximum atomic E-state index is 5.76. The second-order valence-electron chi connectivity index (χ2n) is 2.69. The molecule has 0 aliphatic carbocycles. The first-order chi connectivity index (χ1) is 6.76. The van der Waals surface area contributed by atoms with E-state index in [1.165, 1.54) is 10.4 Å². The average molecular weight is 248 g/mol. The summed E-state index contributed by atoms with van der Waals surface area (Å²) in [4.78, 5) is 1.17. The molecule has 0 saturated heterocycles. The van der Waals surface area contributed by atoms with E-state index in [4.69, 9.17) is 28.9 Å². The van der Waals surface area contributed by atoms with Crippen LogP contribution in [-0.4, -0.2) is 5.75 Å². The molecule has 0 saturated carbocycles. The highest BCUT2D eigenvalue weighted by Gasteiger charge is 1.96. The lowest BCUT2D eigenvalue weighted by Gasteiger charge is -2.01. The van der Waals surface area contributed by atoms with Gasteiger partial charge in [-0.3, -0.25) is 0 Å². The van der Waals surface area contributed by atoms with Crippen LogP contribution in [0, 0.1) is 0 Å². The van der Waals surface area contributed by atoms with Gasteiger partial charge in [-0.25, -0.2) is 0 Å². The van der Waals surface area contributed by atoms with Crippen molar-refractivity contribution in [2.24, 2.45) is 5.73 Å². The molecule has 1 aromatic rings. The standard InChI is InChI=1S/C10H11Cl2NS/c11-5-9(12)7-14-10-3-1-8(6-13)2-4-10/h1-5H,6-7,13H2/b9-5-. The molecular formula is C10H11Cl2NS. The van der Waals surface area contributed by atoms with Crippen molar-refractivity contribution in [3.63, 3.8) is 0 Å². The molecular weight excluding hydrogens is 237 g/mol. The molecule has 76 valence electrons. The molecule has 0 spiro atoms. The Balaban J connectivity index is 2.52. The number of thioether (sulfide) groups is 1. The summed E-state index contributed by atoms with van der Waals surface area (Å²) in [5.74, 6) is 0.701. The van der Waals surface area contributed by atoms with Gasteiger partial charge in [-0.1, -0.05) is 35.3 Å². The summed E-state index contributed by atoms with van der Waals surface area (Å²) in [6, 6.07) is 8.10. The molecule has 0 aliphatic heterocycles. The van der Waals surface area contributed by atoms with Gasteiger partial charge in [-0.05, 0) is 17.7 Å². The fraction of sp³-hybridized carbons (Fsp3) is 0.200. The first-order valence-electron chi connectivity index (χ1n) is 4.13. The van der Waals surface area contributed by atoms with E-state index >= 15 is 0 Å². The largest absolute Gasteiger partial charge is 0.326 e. The maximum absolute atomic E-state index is 5.76. The van der Waals surface area contributed by atoms with Crippen molar-refractivity contribution in [2.45, 2.75) is 11.4 Å². The van der Waals surface area contributed by atoms with E-state index in [1.54, 1.807) is 11.8 Å². The van der Waals surface area contributed by atoms with Gasteiger partial charge in [0.15, 0.2) is 0 Å².